The first-order valence-corrected chi connectivity index (χ1v) is 10.2. The van der Waals surface area contributed by atoms with Crippen LogP contribution in [-0.4, -0.2) is 31.1 Å². The molecule has 2 heterocycles. The van der Waals surface area contributed by atoms with E-state index < -0.39 is 0 Å². The molecule has 26 heavy (non-hydrogen) atoms. The van der Waals surface area contributed by atoms with Crippen LogP contribution >= 0.6 is 0 Å². The Morgan fingerprint density at radius 2 is 1.62 bits per heavy atom. The van der Waals surface area contributed by atoms with Crippen molar-refractivity contribution in [2.75, 3.05) is 31.5 Å². The van der Waals surface area contributed by atoms with Gasteiger partial charge in [-0.25, -0.2) is 0 Å². The van der Waals surface area contributed by atoms with E-state index in [1.54, 1.807) is 0 Å². The lowest BCUT2D eigenvalue weighted by atomic mass is 9.85. The maximum Gasteiger partial charge on any atom is 0.0542 e. The van der Waals surface area contributed by atoms with Gasteiger partial charge in [0.15, 0.2) is 0 Å². The summed E-state index contributed by atoms with van der Waals surface area (Å²) in [4.78, 5) is 2.57. The molecular weight excluding hydrogens is 318 g/mol. The molecule has 1 atom stereocenters. The van der Waals surface area contributed by atoms with E-state index in [4.69, 9.17) is 0 Å². The van der Waals surface area contributed by atoms with E-state index in [1.165, 1.54) is 55.6 Å². The van der Waals surface area contributed by atoms with E-state index >= 15 is 0 Å². The van der Waals surface area contributed by atoms with Crippen LogP contribution in [-0.2, 0) is 6.54 Å². The maximum atomic E-state index is 3.82. The Kier molecular flexibility index (Phi) is 5.88. The molecule has 0 spiro atoms. The van der Waals surface area contributed by atoms with Gasteiger partial charge in [-0.1, -0.05) is 42.5 Å². The topological polar surface area (TPSA) is 27.3 Å². The van der Waals surface area contributed by atoms with Crippen LogP contribution in [0.5, 0.6) is 0 Å². The predicted molar refractivity (Wildman–Crippen MR) is 109 cm³/mol. The Balaban J connectivity index is 1.50. The number of likely N-dealkylation sites (tertiary alicyclic amines) is 1. The fourth-order valence-electron chi connectivity index (χ4n) is 4.39. The molecule has 4 rings (SSSR count). The second-order valence-corrected chi connectivity index (χ2v) is 7.80. The molecule has 3 nitrogen and oxygen atoms in total. The zero-order valence-electron chi connectivity index (χ0n) is 15.7. The van der Waals surface area contributed by atoms with Crippen molar-refractivity contribution in [2.45, 2.75) is 38.3 Å². The van der Waals surface area contributed by atoms with Gasteiger partial charge in [-0.15, -0.1) is 0 Å². The van der Waals surface area contributed by atoms with Crippen LogP contribution in [0.25, 0.3) is 0 Å². The third-order valence-corrected chi connectivity index (χ3v) is 5.89. The van der Waals surface area contributed by atoms with Crippen LogP contribution in [0.4, 0.5) is 5.69 Å². The van der Waals surface area contributed by atoms with Gasteiger partial charge in [-0.2, -0.15) is 0 Å². The average molecular weight is 350 g/mol. The Labute approximate surface area is 157 Å². The number of para-hydroxylation sites is 1. The summed E-state index contributed by atoms with van der Waals surface area (Å²) < 4.78 is 0. The lowest BCUT2D eigenvalue weighted by molar-refractivity contribution is 0.330. The van der Waals surface area contributed by atoms with Gasteiger partial charge >= 0.3 is 0 Å². The highest BCUT2D eigenvalue weighted by molar-refractivity contribution is 5.45. The Morgan fingerprint density at radius 3 is 2.31 bits per heavy atom. The number of benzene rings is 2. The largest absolute Gasteiger partial charge is 0.378 e. The van der Waals surface area contributed by atoms with Gasteiger partial charge in [0.05, 0.1) is 6.04 Å². The summed E-state index contributed by atoms with van der Waals surface area (Å²) in [6, 6.07) is 20.4. The van der Waals surface area contributed by atoms with Crippen LogP contribution < -0.4 is 10.6 Å². The smallest absolute Gasteiger partial charge is 0.0542 e. The van der Waals surface area contributed by atoms with Crippen LogP contribution in [0.15, 0.2) is 54.6 Å². The summed E-state index contributed by atoms with van der Waals surface area (Å²) in [5.41, 5.74) is 4.09. The number of hydrogen-bond acceptors (Lipinski definition) is 3. The monoisotopic (exact) mass is 349 g/mol. The first-order valence-electron chi connectivity index (χ1n) is 10.2. The summed E-state index contributed by atoms with van der Waals surface area (Å²) in [7, 11) is 0. The highest BCUT2D eigenvalue weighted by atomic mass is 15.1. The number of anilines is 1. The van der Waals surface area contributed by atoms with E-state index in [-0.39, 0.29) is 0 Å². The van der Waals surface area contributed by atoms with E-state index in [0.717, 1.165) is 19.6 Å². The van der Waals surface area contributed by atoms with Crippen molar-refractivity contribution in [1.82, 2.24) is 10.2 Å². The SMILES string of the molecule is c1ccc(NC(c2ccc(CN3CCCC3)cc2)C2CCNCC2)cc1. The van der Waals surface area contributed by atoms with Crippen LogP contribution in [0.1, 0.15) is 42.9 Å². The molecule has 0 bridgehead atoms. The molecule has 0 aromatic heterocycles. The van der Waals surface area contributed by atoms with Gasteiger partial charge in [0.2, 0.25) is 0 Å². The molecule has 2 aliphatic rings. The van der Waals surface area contributed by atoms with Gasteiger partial charge in [0, 0.05) is 12.2 Å². The van der Waals surface area contributed by atoms with E-state index in [9.17, 15) is 0 Å². The van der Waals surface area contributed by atoms with Crippen LogP contribution in [0.2, 0.25) is 0 Å². The zero-order valence-corrected chi connectivity index (χ0v) is 15.7. The molecule has 0 amide bonds. The van der Waals surface area contributed by atoms with Crippen molar-refractivity contribution in [3.63, 3.8) is 0 Å². The lowest BCUT2D eigenvalue weighted by Gasteiger charge is -2.32. The third kappa shape index (κ3) is 4.46. The molecular formula is C23H31N3. The second kappa shape index (κ2) is 8.70. The molecule has 0 saturated carbocycles. The van der Waals surface area contributed by atoms with Gasteiger partial charge in [0.25, 0.3) is 0 Å². The van der Waals surface area contributed by atoms with Crippen molar-refractivity contribution >= 4 is 5.69 Å². The fraction of sp³-hybridized carbons (Fsp3) is 0.478. The van der Waals surface area contributed by atoms with Gasteiger partial charge in [-0.05, 0) is 81.0 Å². The van der Waals surface area contributed by atoms with E-state index in [2.05, 4.69) is 70.1 Å². The summed E-state index contributed by atoms with van der Waals surface area (Å²) in [5, 5.41) is 7.32. The van der Waals surface area contributed by atoms with Crippen molar-refractivity contribution in [3.05, 3.63) is 65.7 Å². The standard InChI is InChI=1S/C23H31N3/c1-2-6-22(7-3-1)25-23(21-12-14-24-15-13-21)20-10-8-19(9-11-20)18-26-16-4-5-17-26/h1-3,6-11,21,23-25H,4-5,12-18H2. The number of nitrogens with zero attached hydrogens (tertiary/aromatic N) is 1. The third-order valence-electron chi connectivity index (χ3n) is 5.89. The summed E-state index contributed by atoms with van der Waals surface area (Å²) in [6.07, 6.45) is 5.19. The Hall–Kier alpha value is -1.84. The van der Waals surface area contributed by atoms with E-state index in [1.807, 2.05) is 0 Å². The molecule has 2 aromatic carbocycles. The van der Waals surface area contributed by atoms with Gasteiger partial charge in [-0.3, -0.25) is 4.90 Å². The van der Waals surface area contributed by atoms with Crippen molar-refractivity contribution in [1.29, 1.82) is 0 Å². The molecule has 3 heteroatoms. The second-order valence-electron chi connectivity index (χ2n) is 7.80. The number of rotatable bonds is 6. The summed E-state index contributed by atoms with van der Waals surface area (Å²) in [5.74, 6) is 0.681. The molecule has 2 fully saturated rings. The minimum atomic E-state index is 0.389. The normalized spacial score (nSPS) is 20.2. The van der Waals surface area contributed by atoms with Crippen molar-refractivity contribution < 1.29 is 0 Å². The molecule has 0 radical (unpaired) electrons. The van der Waals surface area contributed by atoms with Gasteiger partial charge < -0.3 is 10.6 Å². The average Bonchev–Trinajstić information content (AvgIpc) is 3.21. The van der Waals surface area contributed by atoms with Crippen LogP contribution in [0.3, 0.4) is 0 Å². The predicted octanol–water partition coefficient (Wildman–Crippen LogP) is 4.44. The highest BCUT2D eigenvalue weighted by Gasteiger charge is 2.25. The maximum absolute atomic E-state index is 3.82. The minimum absolute atomic E-state index is 0.389. The molecule has 0 aliphatic carbocycles. The number of nitrogens with one attached hydrogen (secondary N) is 2. The van der Waals surface area contributed by atoms with Crippen LogP contribution in [0, 0.1) is 5.92 Å². The fourth-order valence-corrected chi connectivity index (χ4v) is 4.39. The van der Waals surface area contributed by atoms with Gasteiger partial charge in [0.1, 0.15) is 0 Å². The van der Waals surface area contributed by atoms with E-state index in [0.29, 0.717) is 12.0 Å². The lowest BCUT2D eigenvalue weighted by Crippen LogP contribution is -2.33. The zero-order chi connectivity index (χ0) is 17.6. The Morgan fingerprint density at radius 1 is 0.923 bits per heavy atom. The minimum Gasteiger partial charge on any atom is -0.378 e. The summed E-state index contributed by atoms with van der Waals surface area (Å²) in [6.45, 7) is 5.88. The highest BCUT2D eigenvalue weighted by Crippen LogP contribution is 2.32. The molecule has 138 valence electrons. The first-order chi connectivity index (χ1) is 12.9. The van der Waals surface area contributed by atoms with Crippen molar-refractivity contribution in [3.8, 4) is 0 Å². The molecule has 2 aliphatic heterocycles. The Bertz CT molecular complexity index is 656. The molecule has 1 unspecified atom stereocenters. The number of piperidine rings is 1. The first kappa shape index (κ1) is 17.6. The quantitative estimate of drug-likeness (QED) is 0.807. The molecule has 2 saturated heterocycles. The molecule has 2 N–H and O–H groups in total. The number of hydrogen-bond donors (Lipinski definition) is 2. The molecule has 2 aromatic rings. The summed E-state index contributed by atoms with van der Waals surface area (Å²) >= 11 is 0. The van der Waals surface area contributed by atoms with Crippen molar-refractivity contribution in [2.24, 2.45) is 5.92 Å².